The summed E-state index contributed by atoms with van der Waals surface area (Å²) in [6, 6.07) is 8.41. The lowest BCUT2D eigenvalue weighted by atomic mass is 9.79. The summed E-state index contributed by atoms with van der Waals surface area (Å²) >= 11 is 1.72. The van der Waals surface area contributed by atoms with Gasteiger partial charge >= 0.3 is 0 Å². The minimum atomic E-state index is 0.0884. The zero-order valence-corrected chi connectivity index (χ0v) is 20.7. The van der Waals surface area contributed by atoms with Crippen LogP contribution < -0.4 is 0 Å². The van der Waals surface area contributed by atoms with Crippen molar-refractivity contribution in [2.75, 3.05) is 5.75 Å². The first kappa shape index (κ1) is 25.2. The highest BCUT2D eigenvalue weighted by Crippen LogP contribution is 2.37. The van der Waals surface area contributed by atoms with Crippen LogP contribution in [0.4, 0.5) is 0 Å². The first-order chi connectivity index (χ1) is 14.9. The number of carbonyl (C=O) groups excluding carboxylic acids is 1. The van der Waals surface area contributed by atoms with Gasteiger partial charge in [0.05, 0.1) is 10.6 Å². The molecule has 1 atom stereocenters. The van der Waals surface area contributed by atoms with Gasteiger partial charge in [-0.15, -0.1) is 11.8 Å². The van der Waals surface area contributed by atoms with Crippen LogP contribution in [0.2, 0.25) is 0 Å². The van der Waals surface area contributed by atoms with Gasteiger partial charge in [0.25, 0.3) is 0 Å². The third kappa shape index (κ3) is 6.46. The molecule has 1 aromatic heterocycles. The number of pyridine rings is 1. The second kappa shape index (κ2) is 12.1. The Morgan fingerprint density at radius 3 is 2.19 bits per heavy atom. The molecule has 3 nitrogen and oxygen atoms in total. The van der Waals surface area contributed by atoms with E-state index in [9.17, 15) is 9.90 Å². The van der Waals surface area contributed by atoms with Crippen LogP contribution in [0, 0.1) is 19.8 Å². The van der Waals surface area contributed by atoms with Gasteiger partial charge in [0, 0.05) is 19.0 Å². The molecule has 1 aromatic carbocycles. The Morgan fingerprint density at radius 1 is 1.03 bits per heavy atom. The van der Waals surface area contributed by atoms with Crippen LogP contribution in [0.5, 0.6) is 0 Å². The summed E-state index contributed by atoms with van der Waals surface area (Å²) in [6.07, 6.45) is 5.60. The van der Waals surface area contributed by atoms with E-state index in [0.29, 0.717) is 18.4 Å². The highest BCUT2D eigenvalue weighted by molar-refractivity contribution is 7.99. The number of carbonyl (C=O) groups is 1. The number of nitrogens with zero attached hydrogens (tertiary/aromatic N) is 1. The van der Waals surface area contributed by atoms with Crippen LogP contribution in [0.3, 0.4) is 0 Å². The summed E-state index contributed by atoms with van der Waals surface area (Å²) in [6.45, 7) is 12.4. The van der Waals surface area contributed by atoms with Gasteiger partial charge in [0.1, 0.15) is 5.76 Å². The van der Waals surface area contributed by atoms with Crippen molar-refractivity contribution in [1.82, 2.24) is 4.98 Å². The molecule has 168 valence electrons. The van der Waals surface area contributed by atoms with Gasteiger partial charge in [-0.25, -0.2) is 4.98 Å². The summed E-state index contributed by atoms with van der Waals surface area (Å²) in [5, 5.41) is 11.9. The zero-order valence-electron chi connectivity index (χ0n) is 19.9. The molecule has 0 saturated heterocycles. The molecule has 0 aliphatic heterocycles. The van der Waals surface area contributed by atoms with E-state index in [1.807, 2.05) is 33.0 Å². The molecule has 1 heterocycles. The fourth-order valence-electron chi connectivity index (χ4n) is 4.15. The number of aliphatic hydroxyl groups is 1. The number of aliphatic hydroxyl groups excluding tert-OH is 1. The van der Waals surface area contributed by atoms with Crippen molar-refractivity contribution < 1.29 is 9.90 Å². The highest BCUT2D eigenvalue weighted by atomic mass is 32.2. The third-order valence-electron chi connectivity index (χ3n) is 5.64. The first-order valence-corrected chi connectivity index (χ1v) is 12.5. The molecular formula is C27H37NO2S. The number of aromatic nitrogens is 1. The van der Waals surface area contributed by atoms with E-state index in [1.165, 1.54) is 5.56 Å². The molecule has 1 unspecified atom stereocenters. The van der Waals surface area contributed by atoms with E-state index in [-0.39, 0.29) is 17.5 Å². The topological polar surface area (TPSA) is 50.2 Å². The van der Waals surface area contributed by atoms with E-state index in [4.69, 9.17) is 0 Å². The molecule has 2 aromatic rings. The van der Waals surface area contributed by atoms with Gasteiger partial charge in [0.2, 0.25) is 0 Å². The van der Waals surface area contributed by atoms with Gasteiger partial charge in [0.15, 0.2) is 5.78 Å². The molecule has 31 heavy (non-hydrogen) atoms. The Hall–Kier alpha value is -2.07. The number of rotatable bonds is 7. The molecule has 0 amide bonds. The lowest BCUT2D eigenvalue weighted by molar-refractivity contribution is -0.115. The maximum atomic E-state index is 13.1. The zero-order chi connectivity index (χ0) is 23.0. The summed E-state index contributed by atoms with van der Waals surface area (Å²) < 4.78 is 0. The van der Waals surface area contributed by atoms with Gasteiger partial charge in [-0.3, -0.25) is 4.79 Å². The molecule has 0 saturated carbocycles. The van der Waals surface area contributed by atoms with Crippen LogP contribution >= 0.6 is 11.8 Å². The molecule has 1 aliphatic carbocycles. The third-order valence-corrected chi connectivity index (χ3v) is 6.62. The fourth-order valence-corrected chi connectivity index (χ4v) is 5.10. The summed E-state index contributed by atoms with van der Waals surface area (Å²) in [7, 11) is 0. The number of thioether (sulfide) groups is 1. The number of Topliss-reactive ketones (excluding diaryl/α,β-unsaturated/α-hetero) is 1. The molecule has 0 spiro atoms. The Balaban J connectivity index is 0.00000166. The molecule has 1 aliphatic rings. The van der Waals surface area contributed by atoms with E-state index in [1.54, 1.807) is 11.8 Å². The lowest BCUT2D eigenvalue weighted by Gasteiger charge is -2.26. The van der Waals surface area contributed by atoms with Gasteiger partial charge in [-0.1, -0.05) is 51.5 Å². The van der Waals surface area contributed by atoms with Crippen molar-refractivity contribution in [3.05, 3.63) is 64.0 Å². The van der Waals surface area contributed by atoms with Crippen molar-refractivity contribution in [3.63, 3.8) is 0 Å². The van der Waals surface area contributed by atoms with Crippen LogP contribution in [0.15, 0.2) is 41.2 Å². The molecule has 4 heteroatoms. The minimum Gasteiger partial charge on any atom is -0.512 e. The van der Waals surface area contributed by atoms with Crippen molar-refractivity contribution >= 4 is 23.1 Å². The second-order valence-corrected chi connectivity index (χ2v) is 9.11. The maximum absolute atomic E-state index is 13.1. The minimum absolute atomic E-state index is 0.0884. The predicted molar refractivity (Wildman–Crippen MR) is 133 cm³/mol. The average Bonchev–Trinajstić information content (AvgIpc) is 2.76. The maximum Gasteiger partial charge on any atom is 0.167 e. The van der Waals surface area contributed by atoms with Gasteiger partial charge in [-0.05, 0) is 73.1 Å². The summed E-state index contributed by atoms with van der Waals surface area (Å²) in [5.74, 6) is 1.47. The van der Waals surface area contributed by atoms with Crippen molar-refractivity contribution in [2.45, 2.75) is 78.7 Å². The monoisotopic (exact) mass is 439 g/mol. The van der Waals surface area contributed by atoms with Crippen LogP contribution in [0.1, 0.15) is 74.8 Å². The number of hydrogen-bond acceptors (Lipinski definition) is 4. The Kier molecular flexibility index (Phi) is 9.83. The van der Waals surface area contributed by atoms with Crippen LogP contribution in [0.25, 0.3) is 5.57 Å². The molecule has 0 radical (unpaired) electrons. The average molecular weight is 440 g/mol. The van der Waals surface area contributed by atoms with E-state index in [0.717, 1.165) is 52.3 Å². The van der Waals surface area contributed by atoms with Crippen LogP contribution in [-0.4, -0.2) is 21.6 Å². The normalized spacial score (nSPS) is 16.2. The number of allylic oxidation sites excluding steroid dienone is 2. The summed E-state index contributed by atoms with van der Waals surface area (Å²) in [4.78, 5) is 17.5. The largest absolute Gasteiger partial charge is 0.512 e. The van der Waals surface area contributed by atoms with Gasteiger partial charge < -0.3 is 5.11 Å². The Morgan fingerprint density at radius 2 is 1.68 bits per heavy atom. The second-order valence-electron chi connectivity index (χ2n) is 8.00. The van der Waals surface area contributed by atoms with E-state index >= 15 is 0 Å². The fraction of sp³-hybridized carbons (Fsp3) is 0.481. The Bertz CT molecular complexity index is 890. The molecule has 1 N–H and O–H groups in total. The molecule has 0 bridgehead atoms. The predicted octanol–water partition coefficient (Wildman–Crippen LogP) is 7.28. The Labute approximate surface area is 192 Å². The number of hydrogen-bond donors (Lipinski definition) is 1. The van der Waals surface area contributed by atoms with Crippen molar-refractivity contribution in [3.8, 4) is 0 Å². The lowest BCUT2D eigenvalue weighted by Crippen LogP contribution is -2.21. The smallest absolute Gasteiger partial charge is 0.167 e. The van der Waals surface area contributed by atoms with E-state index in [2.05, 4.69) is 44.0 Å². The van der Waals surface area contributed by atoms with E-state index < -0.39 is 0 Å². The quantitative estimate of drug-likeness (QED) is 0.461. The molecule has 0 fully saturated rings. The SMILES string of the molecule is CC.CCc1cc(C)cc(CC)c1C1=C(O)CC(CCSc2ccc(C)cn2)CC1=O. The standard InChI is InChI=1S/C25H31NO2S.C2H6/c1-5-19-11-17(4)12-20(6-2)24(19)25-21(27)13-18(14-22(25)28)9-10-29-23-8-7-16(3)15-26-23;1-2/h7-8,11-12,15,18,27H,5-6,9-10,13-14H2,1-4H3;1-2H3. The number of benzene rings is 1. The van der Waals surface area contributed by atoms with Gasteiger partial charge in [-0.2, -0.15) is 0 Å². The summed E-state index contributed by atoms with van der Waals surface area (Å²) in [5.41, 5.74) is 6.25. The molecular weight excluding hydrogens is 402 g/mol. The van der Waals surface area contributed by atoms with Crippen molar-refractivity contribution in [2.24, 2.45) is 5.92 Å². The number of ketones is 1. The van der Waals surface area contributed by atoms with Crippen LogP contribution in [-0.2, 0) is 17.6 Å². The molecule has 3 rings (SSSR count). The first-order valence-electron chi connectivity index (χ1n) is 11.6. The highest BCUT2D eigenvalue weighted by Gasteiger charge is 2.30. The number of aryl methyl sites for hydroxylation is 4. The van der Waals surface area contributed by atoms with Crippen molar-refractivity contribution in [1.29, 1.82) is 0 Å².